The molecule has 2 aliphatic carbocycles. The van der Waals surface area contributed by atoms with Crippen LogP contribution in [-0.2, 0) is 5.41 Å². The molecule has 0 atom stereocenters. The predicted octanol–water partition coefficient (Wildman–Crippen LogP) is 16.3. The second kappa shape index (κ2) is 14.4. The summed E-state index contributed by atoms with van der Waals surface area (Å²) in [6.07, 6.45) is 0. The van der Waals surface area contributed by atoms with E-state index in [0.29, 0.717) is 17.5 Å². The Kier molecular flexibility index (Phi) is 7.93. The highest BCUT2D eigenvalue weighted by molar-refractivity contribution is 6.13. The summed E-state index contributed by atoms with van der Waals surface area (Å²) in [6, 6.07) is 79.9. The SMILES string of the molecule is c1ccc(-c2nc(-c3ccc4c(c3)oc3ccccc34)nc(-c3cccc4oc5ccc(-c6cccc(-c7ccc8c(c7)-c7ccccc7C87c8ccccc8-c8ccccc87)c6)cc5c34)n2)cc1. The maximum absolute atomic E-state index is 6.58. The molecule has 10 aromatic carbocycles. The van der Waals surface area contributed by atoms with Gasteiger partial charge in [0.1, 0.15) is 22.3 Å². The molecule has 3 heterocycles. The topological polar surface area (TPSA) is 65.0 Å². The summed E-state index contributed by atoms with van der Waals surface area (Å²) in [7, 11) is 0. The molecule has 0 saturated heterocycles. The van der Waals surface area contributed by atoms with E-state index < -0.39 is 0 Å². The number of furan rings is 2. The molecule has 13 aromatic rings. The van der Waals surface area contributed by atoms with Crippen LogP contribution in [0.25, 0.3) is 123 Å². The average Bonchev–Trinajstić information content (AvgIpc) is 4.16. The lowest BCUT2D eigenvalue weighted by Gasteiger charge is -2.30. The Bertz CT molecular complexity index is 4230. The molecule has 2 aliphatic rings. The first-order valence-electron chi connectivity index (χ1n) is 23.4. The number of para-hydroxylation sites is 1. The Morgan fingerprint density at radius 1 is 0.261 bits per heavy atom. The van der Waals surface area contributed by atoms with Gasteiger partial charge >= 0.3 is 0 Å². The minimum Gasteiger partial charge on any atom is -0.456 e. The van der Waals surface area contributed by atoms with Crippen molar-refractivity contribution in [1.82, 2.24) is 15.0 Å². The molecular formula is C64H37N3O2. The maximum Gasteiger partial charge on any atom is 0.164 e. The molecule has 1 spiro atoms. The fourth-order valence-electron chi connectivity index (χ4n) is 11.6. The van der Waals surface area contributed by atoms with E-state index in [0.717, 1.165) is 77.3 Å². The van der Waals surface area contributed by atoms with Gasteiger partial charge in [-0.25, -0.2) is 15.0 Å². The van der Waals surface area contributed by atoms with Gasteiger partial charge in [0.15, 0.2) is 17.5 Å². The Balaban J connectivity index is 0.849. The van der Waals surface area contributed by atoms with Crippen LogP contribution >= 0.6 is 0 Å². The Labute approximate surface area is 396 Å². The fraction of sp³-hybridized carbons (Fsp3) is 0.0156. The zero-order chi connectivity index (χ0) is 45.2. The number of benzene rings is 10. The molecule has 0 unspecified atom stereocenters. The Hall–Kier alpha value is -9.19. The summed E-state index contributed by atoms with van der Waals surface area (Å²) in [5, 5.41) is 4.08. The highest BCUT2D eigenvalue weighted by Gasteiger charge is 2.51. The third-order valence-corrected chi connectivity index (χ3v) is 14.6. The van der Waals surface area contributed by atoms with Gasteiger partial charge in [0.05, 0.1) is 5.41 Å². The number of nitrogens with zero attached hydrogens (tertiary/aromatic N) is 3. The van der Waals surface area contributed by atoms with Gasteiger partial charge in [0.25, 0.3) is 0 Å². The van der Waals surface area contributed by atoms with Gasteiger partial charge in [0, 0.05) is 38.2 Å². The van der Waals surface area contributed by atoms with E-state index in [1.165, 1.54) is 50.1 Å². The smallest absolute Gasteiger partial charge is 0.164 e. The van der Waals surface area contributed by atoms with Crippen LogP contribution in [0, 0.1) is 0 Å². The minimum atomic E-state index is -0.364. The lowest BCUT2D eigenvalue weighted by Crippen LogP contribution is -2.25. The quantitative estimate of drug-likeness (QED) is 0.172. The van der Waals surface area contributed by atoms with Gasteiger partial charge < -0.3 is 8.83 Å². The van der Waals surface area contributed by atoms with Gasteiger partial charge in [-0.05, 0) is 115 Å². The zero-order valence-electron chi connectivity index (χ0n) is 37.0. The molecule has 0 saturated carbocycles. The second-order valence-electron chi connectivity index (χ2n) is 18.2. The van der Waals surface area contributed by atoms with Crippen LogP contribution in [0.4, 0.5) is 0 Å². The van der Waals surface area contributed by atoms with Crippen molar-refractivity contribution >= 4 is 43.9 Å². The summed E-state index contributed by atoms with van der Waals surface area (Å²) >= 11 is 0. The van der Waals surface area contributed by atoms with Gasteiger partial charge in [-0.1, -0.05) is 176 Å². The number of hydrogen-bond donors (Lipinski definition) is 0. The molecule has 0 bridgehead atoms. The van der Waals surface area contributed by atoms with Crippen LogP contribution in [0.3, 0.4) is 0 Å². The molecule has 0 N–H and O–H groups in total. The summed E-state index contributed by atoms with van der Waals surface area (Å²) in [6.45, 7) is 0. The monoisotopic (exact) mass is 879 g/mol. The summed E-state index contributed by atoms with van der Waals surface area (Å²) in [4.78, 5) is 15.4. The number of rotatable bonds is 5. The van der Waals surface area contributed by atoms with Crippen molar-refractivity contribution in [2.24, 2.45) is 0 Å². The zero-order valence-corrected chi connectivity index (χ0v) is 37.0. The van der Waals surface area contributed by atoms with Gasteiger partial charge in [-0.2, -0.15) is 0 Å². The molecule has 3 aromatic heterocycles. The maximum atomic E-state index is 6.58. The lowest BCUT2D eigenvalue weighted by atomic mass is 9.70. The van der Waals surface area contributed by atoms with E-state index >= 15 is 0 Å². The fourth-order valence-corrected chi connectivity index (χ4v) is 11.6. The third kappa shape index (κ3) is 5.50. The van der Waals surface area contributed by atoms with Gasteiger partial charge in [0.2, 0.25) is 0 Å². The van der Waals surface area contributed by atoms with E-state index in [2.05, 4.69) is 158 Å². The van der Waals surface area contributed by atoms with Crippen molar-refractivity contribution in [3.8, 4) is 78.7 Å². The predicted molar refractivity (Wildman–Crippen MR) is 278 cm³/mol. The molecule has 0 aliphatic heterocycles. The third-order valence-electron chi connectivity index (χ3n) is 14.6. The Morgan fingerprint density at radius 2 is 0.754 bits per heavy atom. The van der Waals surface area contributed by atoms with Crippen molar-refractivity contribution in [3.05, 3.63) is 247 Å². The molecule has 5 nitrogen and oxygen atoms in total. The number of fused-ring (bicyclic) bond motifs is 16. The van der Waals surface area contributed by atoms with Gasteiger partial charge in [-0.3, -0.25) is 0 Å². The molecule has 15 rings (SSSR count). The molecule has 5 heteroatoms. The van der Waals surface area contributed by atoms with Crippen LogP contribution < -0.4 is 0 Å². The number of aromatic nitrogens is 3. The minimum absolute atomic E-state index is 0.364. The molecule has 0 amide bonds. The van der Waals surface area contributed by atoms with Crippen molar-refractivity contribution < 1.29 is 8.83 Å². The molecule has 0 fully saturated rings. The summed E-state index contributed by atoms with van der Waals surface area (Å²) in [5.41, 5.74) is 20.6. The van der Waals surface area contributed by atoms with E-state index in [9.17, 15) is 0 Å². The van der Waals surface area contributed by atoms with E-state index in [-0.39, 0.29) is 5.41 Å². The normalized spacial score (nSPS) is 13.0. The summed E-state index contributed by atoms with van der Waals surface area (Å²) in [5.74, 6) is 1.71. The molecule has 69 heavy (non-hydrogen) atoms. The first-order valence-corrected chi connectivity index (χ1v) is 23.4. The standard InChI is InChI=1S/C64H37N3O2/c1-2-14-38(15-3-1)61-65-62(43-28-31-48-47-21-7-11-26-56(47)69-59(48)37-43)67-63(66-61)49-22-13-27-58-60(49)51-36-42(30-33-57(51)68-58)40-17-12-16-39(34-40)41-29-32-55-50(35-41)46-20-6-10-25-54(46)64(55)52-23-8-4-18-44(52)45-19-5-9-24-53(45)64/h1-37H. The van der Waals surface area contributed by atoms with E-state index in [1.807, 2.05) is 66.7 Å². The molecular weight excluding hydrogens is 843 g/mol. The van der Waals surface area contributed by atoms with Crippen LogP contribution in [0.1, 0.15) is 22.3 Å². The van der Waals surface area contributed by atoms with Crippen molar-refractivity contribution in [2.75, 3.05) is 0 Å². The van der Waals surface area contributed by atoms with E-state index in [4.69, 9.17) is 23.8 Å². The van der Waals surface area contributed by atoms with Crippen LogP contribution in [0.2, 0.25) is 0 Å². The molecule has 320 valence electrons. The first kappa shape index (κ1) is 38.0. The molecule has 0 radical (unpaired) electrons. The van der Waals surface area contributed by atoms with Crippen molar-refractivity contribution in [3.63, 3.8) is 0 Å². The summed E-state index contributed by atoms with van der Waals surface area (Å²) < 4.78 is 12.9. The second-order valence-corrected chi connectivity index (χ2v) is 18.2. The lowest BCUT2D eigenvalue weighted by molar-refractivity contribution is 0.668. The largest absolute Gasteiger partial charge is 0.456 e. The van der Waals surface area contributed by atoms with E-state index in [1.54, 1.807) is 0 Å². The highest BCUT2D eigenvalue weighted by atomic mass is 16.3. The van der Waals surface area contributed by atoms with Crippen LogP contribution in [-0.4, -0.2) is 15.0 Å². The van der Waals surface area contributed by atoms with Crippen molar-refractivity contribution in [1.29, 1.82) is 0 Å². The first-order chi connectivity index (χ1) is 34.2. The number of hydrogen-bond acceptors (Lipinski definition) is 5. The van der Waals surface area contributed by atoms with Crippen LogP contribution in [0.5, 0.6) is 0 Å². The Morgan fingerprint density at radius 3 is 1.52 bits per heavy atom. The van der Waals surface area contributed by atoms with Crippen molar-refractivity contribution in [2.45, 2.75) is 5.41 Å². The van der Waals surface area contributed by atoms with Crippen LogP contribution in [0.15, 0.2) is 233 Å². The van der Waals surface area contributed by atoms with Gasteiger partial charge in [-0.15, -0.1) is 0 Å². The highest BCUT2D eigenvalue weighted by Crippen LogP contribution is 2.63. The average molecular weight is 880 g/mol.